The van der Waals surface area contributed by atoms with Gasteiger partial charge < -0.3 is 9.84 Å². The maximum Gasteiger partial charge on any atom is 0.294 e. The first-order chi connectivity index (χ1) is 13.6. The molecule has 1 aromatic heterocycles. The number of aliphatic hydroxyl groups is 1. The van der Waals surface area contributed by atoms with Gasteiger partial charge >= 0.3 is 0 Å². The van der Waals surface area contributed by atoms with Crippen LogP contribution in [0.15, 0.2) is 83.4 Å². The fourth-order valence-electron chi connectivity index (χ4n) is 3.36. The van der Waals surface area contributed by atoms with E-state index in [2.05, 4.69) is 0 Å². The van der Waals surface area contributed by atoms with Crippen molar-refractivity contribution in [2.45, 2.75) is 6.04 Å². The number of hydrogen-bond acceptors (Lipinski definition) is 5. The van der Waals surface area contributed by atoms with Gasteiger partial charge in [0.2, 0.25) is 5.78 Å². The topological polar surface area (TPSA) is 66.8 Å². The number of amides is 1. The number of ether oxygens (including phenoxy) is 1. The van der Waals surface area contributed by atoms with Gasteiger partial charge in [-0.15, -0.1) is 11.3 Å². The van der Waals surface area contributed by atoms with Crippen LogP contribution >= 0.6 is 11.3 Å². The Kier molecular flexibility index (Phi) is 4.71. The number of rotatable bonds is 5. The van der Waals surface area contributed by atoms with Crippen molar-refractivity contribution in [1.82, 2.24) is 0 Å². The first kappa shape index (κ1) is 18.0. The van der Waals surface area contributed by atoms with E-state index in [1.807, 2.05) is 30.3 Å². The smallest absolute Gasteiger partial charge is 0.294 e. The van der Waals surface area contributed by atoms with Crippen LogP contribution in [0.2, 0.25) is 0 Å². The van der Waals surface area contributed by atoms with E-state index in [0.29, 0.717) is 16.3 Å². The van der Waals surface area contributed by atoms with Crippen LogP contribution in [0.3, 0.4) is 0 Å². The Labute approximate surface area is 166 Å². The third-order valence-corrected chi connectivity index (χ3v) is 5.51. The lowest BCUT2D eigenvalue weighted by Gasteiger charge is -2.27. The minimum Gasteiger partial charge on any atom is -0.503 e. The molecule has 1 aliphatic heterocycles. The second kappa shape index (κ2) is 7.32. The van der Waals surface area contributed by atoms with Gasteiger partial charge in [0.05, 0.1) is 23.6 Å². The van der Waals surface area contributed by atoms with Gasteiger partial charge in [-0.05, 0) is 29.1 Å². The van der Waals surface area contributed by atoms with Crippen molar-refractivity contribution in [3.05, 3.63) is 93.9 Å². The molecule has 1 unspecified atom stereocenters. The number of carbonyl (C=O) groups is 2. The van der Waals surface area contributed by atoms with Crippen LogP contribution in [0.4, 0.5) is 5.69 Å². The molecule has 1 aliphatic rings. The van der Waals surface area contributed by atoms with Crippen LogP contribution in [0, 0.1) is 0 Å². The van der Waals surface area contributed by atoms with Gasteiger partial charge in [-0.1, -0.05) is 42.5 Å². The predicted molar refractivity (Wildman–Crippen MR) is 108 cm³/mol. The minimum atomic E-state index is -0.726. The molecule has 0 fully saturated rings. The molecular formula is C22H17NO4S. The van der Waals surface area contributed by atoms with E-state index >= 15 is 0 Å². The molecule has 0 aliphatic carbocycles. The fourth-order valence-corrected chi connectivity index (χ4v) is 4.03. The molecular weight excluding hydrogens is 374 g/mol. The highest BCUT2D eigenvalue weighted by molar-refractivity contribution is 7.12. The average Bonchev–Trinajstić information content (AvgIpc) is 3.36. The molecule has 5 nitrogen and oxygen atoms in total. The SMILES string of the molecule is COc1cccc(N2C(=O)C(O)=C(C(=O)c3cccs3)C2c2ccccc2)c1. The lowest BCUT2D eigenvalue weighted by atomic mass is 9.95. The van der Waals surface area contributed by atoms with Gasteiger partial charge in [0, 0.05) is 11.8 Å². The summed E-state index contributed by atoms with van der Waals surface area (Å²) in [4.78, 5) is 28.1. The van der Waals surface area contributed by atoms with E-state index in [9.17, 15) is 14.7 Å². The summed E-state index contributed by atoms with van der Waals surface area (Å²) in [6, 6.07) is 18.9. The molecule has 0 saturated carbocycles. The van der Waals surface area contributed by atoms with Crippen LogP contribution in [0.5, 0.6) is 5.75 Å². The summed E-state index contributed by atoms with van der Waals surface area (Å²) in [6.45, 7) is 0. The molecule has 2 heterocycles. The molecule has 4 rings (SSSR count). The van der Waals surface area contributed by atoms with E-state index in [-0.39, 0.29) is 11.4 Å². The van der Waals surface area contributed by atoms with Gasteiger partial charge in [-0.2, -0.15) is 0 Å². The summed E-state index contributed by atoms with van der Waals surface area (Å²) in [5.74, 6) is -0.896. The van der Waals surface area contributed by atoms with Gasteiger partial charge in [-0.25, -0.2) is 0 Å². The maximum absolute atomic E-state index is 13.1. The lowest BCUT2D eigenvalue weighted by molar-refractivity contribution is -0.117. The molecule has 1 N–H and O–H groups in total. The van der Waals surface area contributed by atoms with E-state index in [0.717, 1.165) is 5.56 Å². The number of anilines is 1. The van der Waals surface area contributed by atoms with Crippen LogP contribution in [-0.4, -0.2) is 23.9 Å². The van der Waals surface area contributed by atoms with Crippen molar-refractivity contribution >= 4 is 28.7 Å². The van der Waals surface area contributed by atoms with Gasteiger partial charge in [-0.3, -0.25) is 14.5 Å². The lowest BCUT2D eigenvalue weighted by Crippen LogP contribution is -2.31. The number of thiophene rings is 1. The number of Topliss-reactive ketones (excluding diaryl/α,β-unsaturated/α-hetero) is 1. The third-order valence-electron chi connectivity index (χ3n) is 4.64. The molecule has 6 heteroatoms. The van der Waals surface area contributed by atoms with Crippen LogP contribution in [-0.2, 0) is 4.79 Å². The van der Waals surface area contributed by atoms with Crippen molar-refractivity contribution in [2.24, 2.45) is 0 Å². The van der Waals surface area contributed by atoms with Crippen molar-refractivity contribution < 1.29 is 19.4 Å². The molecule has 0 spiro atoms. The van der Waals surface area contributed by atoms with E-state index < -0.39 is 17.7 Å². The van der Waals surface area contributed by atoms with Crippen molar-refractivity contribution in [1.29, 1.82) is 0 Å². The normalized spacial score (nSPS) is 16.5. The monoisotopic (exact) mass is 391 g/mol. The molecule has 2 aromatic carbocycles. The van der Waals surface area contributed by atoms with Crippen LogP contribution in [0.25, 0.3) is 0 Å². The largest absolute Gasteiger partial charge is 0.503 e. The Hall–Kier alpha value is -3.38. The maximum atomic E-state index is 13.1. The average molecular weight is 391 g/mol. The Balaban J connectivity index is 1.88. The van der Waals surface area contributed by atoms with Crippen molar-refractivity contribution in [3.63, 3.8) is 0 Å². The molecule has 0 radical (unpaired) electrons. The number of carbonyl (C=O) groups excluding carboxylic acids is 2. The highest BCUT2D eigenvalue weighted by atomic mass is 32.1. The Morgan fingerprint density at radius 1 is 1.07 bits per heavy atom. The van der Waals surface area contributed by atoms with Crippen molar-refractivity contribution in [3.8, 4) is 5.75 Å². The quantitative estimate of drug-likeness (QED) is 0.649. The summed E-state index contributed by atoms with van der Waals surface area (Å²) in [5.41, 5.74) is 1.36. The molecule has 0 saturated heterocycles. The van der Waals surface area contributed by atoms with E-state index in [1.165, 1.54) is 16.2 Å². The van der Waals surface area contributed by atoms with Crippen LogP contribution in [0.1, 0.15) is 21.3 Å². The first-order valence-electron chi connectivity index (χ1n) is 8.65. The molecule has 3 aromatic rings. The number of hydrogen-bond donors (Lipinski definition) is 1. The molecule has 1 atom stereocenters. The van der Waals surface area contributed by atoms with E-state index in [1.54, 1.807) is 48.9 Å². The number of benzene rings is 2. The minimum absolute atomic E-state index is 0.0847. The Morgan fingerprint density at radius 3 is 2.54 bits per heavy atom. The van der Waals surface area contributed by atoms with Crippen LogP contribution < -0.4 is 9.64 Å². The zero-order valence-corrected chi connectivity index (χ0v) is 15.8. The molecule has 1 amide bonds. The number of ketones is 1. The summed E-state index contributed by atoms with van der Waals surface area (Å²) >= 11 is 1.28. The summed E-state index contributed by atoms with van der Waals surface area (Å²) in [6.07, 6.45) is 0. The highest BCUT2D eigenvalue weighted by Crippen LogP contribution is 2.42. The Morgan fingerprint density at radius 2 is 1.86 bits per heavy atom. The second-order valence-corrected chi connectivity index (χ2v) is 7.21. The Bertz CT molecular complexity index is 1060. The zero-order valence-electron chi connectivity index (χ0n) is 15.0. The number of nitrogens with zero attached hydrogens (tertiary/aromatic N) is 1. The number of methoxy groups -OCH3 is 1. The van der Waals surface area contributed by atoms with E-state index in [4.69, 9.17) is 4.74 Å². The number of aliphatic hydroxyl groups excluding tert-OH is 1. The van der Waals surface area contributed by atoms with Crippen molar-refractivity contribution in [2.75, 3.05) is 12.0 Å². The van der Waals surface area contributed by atoms with Gasteiger partial charge in [0.1, 0.15) is 5.75 Å². The molecule has 28 heavy (non-hydrogen) atoms. The molecule has 140 valence electrons. The second-order valence-electron chi connectivity index (χ2n) is 6.26. The summed E-state index contributed by atoms with van der Waals surface area (Å²) in [7, 11) is 1.54. The highest BCUT2D eigenvalue weighted by Gasteiger charge is 2.44. The summed E-state index contributed by atoms with van der Waals surface area (Å²) in [5, 5.41) is 12.4. The fraction of sp³-hybridized carbons (Fsp3) is 0.0909. The third kappa shape index (κ3) is 2.97. The predicted octanol–water partition coefficient (Wildman–Crippen LogP) is 4.54. The standard InChI is InChI=1S/C22H17NO4S/c1-27-16-10-5-9-15(13-16)23-19(14-7-3-2-4-8-14)18(21(25)22(23)26)20(24)17-11-6-12-28-17/h2-13,19,25H,1H3. The zero-order chi connectivity index (χ0) is 19.7. The first-order valence-corrected chi connectivity index (χ1v) is 9.53. The molecule has 0 bridgehead atoms. The van der Waals surface area contributed by atoms with Gasteiger partial charge in [0.15, 0.2) is 5.76 Å². The van der Waals surface area contributed by atoms with Gasteiger partial charge in [0.25, 0.3) is 5.91 Å². The summed E-state index contributed by atoms with van der Waals surface area (Å²) < 4.78 is 5.27.